The fraction of sp³-hybridized carbons (Fsp3) is 0.0385. The van der Waals surface area contributed by atoms with E-state index in [9.17, 15) is 0 Å². The van der Waals surface area contributed by atoms with Crippen molar-refractivity contribution in [2.24, 2.45) is 5.10 Å². The van der Waals surface area contributed by atoms with Gasteiger partial charge in [-0.1, -0.05) is 84.9 Å². The van der Waals surface area contributed by atoms with Gasteiger partial charge in [-0.2, -0.15) is 5.10 Å². The second kappa shape index (κ2) is 7.16. The van der Waals surface area contributed by atoms with Crippen LogP contribution in [-0.4, -0.2) is 6.21 Å². The standard InChI is InChI=1S/C26H20N2/c1-2-11-21(12-3-1)28-27-18-20-10-5-7-14-23(20)25-16-8-15-24-22-13-6-4-9-19(22)17-26(24)25/h1-16,18,28H,17H2. The van der Waals surface area contributed by atoms with E-state index < -0.39 is 0 Å². The van der Waals surface area contributed by atoms with Crippen molar-refractivity contribution in [2.75, 3.05) is 5.43 Å². The van der Waals surface area contributed by atoms with Crippen LogP contribution in [0.25, 0.3) is 22.3 Å². The summed E-state index contributed by atoms with van der Waals surface area (Å²) in [6, 6.07) is 33.8. The molecule has 1 aliphatic rings. The van der Waals surface area contributed by atoms with Crippen molar-refractivity contribution < 1.29 is 0 Å². The average molecular weight is 360 g/mol. The van der Waals surface area contributed by atoms with Gasteiger partial charge in [0.05, 0.1) is 11.9 Å². The van der Waals surface area contributed by atoms with E-state index in [0.717, 1.165) is 17.7 Å². The Labute approximate surface area is 165 Å². The summed E-state index contributed by atoms with van der Waals surface area (Å²) in [6.45, 7) is 0. The molecule has 0 saturated heterocycles. The highest BCUT2D eigenvalue weighted by molar-refractivity contribution is 5.94. The van der Waals surface area contributed by atoms with Crippen LogP contribution in [-0.2, 0) is 6.42 Å². The van der Waals surface area contributed by atoms with Gasteiger partial charge in [0.2, 0.25) is 0 Å². The van der Waals surface area contributed by atoms with Crippen molar-refractivity contribution in [3.05, 3.63) is 114 Å². The Kier molecular flexibility index (Phi) is 4.23. The van der Waals surface area contributed by atoms with Gasteiger partial charge in [0.15, 0.2) is 0 Å². The van der Waals surface area contributed by atoms with E-state index in [1.807, 2.05) is 36.5 Å². The van der Waals surface area contributed by atoms with E-state index in [1.165, 1.54) is 33.4 Å². The Bertz CT molecular complexity index is 1160. The minimum Gasteiger partial charge on any atom is -0.279 e. The van der Waals surface area contributed by atoms with Crippen LogP contribution in [0.5, 0.6) is 0 Å². The minimum atomic E-state index is 0.979. The predicted octanol–water partition coefficient (Wildman–Crippen LogP) is 6.37. The predicted molar refractivity (Wildman–Crippen MR) is 118 cm³/mol. The van der Waals surface area contributed by atoms with E-state index in [1.54, 1.807) is 0 Å². The van der Waals surface area contributed by atoms with Crippen LogP contribution in [0, 0.1) is 0 Å². The number of nitrogens with zero attached hydrogens (tertiary/aromatic N) is 1. The maximum Gasteiger partial charge on any atom is 0.0561 e. The Hall–Kier alpha value is -3.65. The first-order valence-corrected chi connectivity index (χ1v) is 9.54. The fourth-order valence-electron chi connectivity index (χ4n) is 3.95. The largest absolute Gasteiger partial charge is 0.279 e. The molecule has 4 aromatic rings. The van der Waals surface area contributed by atoms with E-state index >= 15 is 0 Å². The molecule has 1 N–H and O–H groups in total. The molecule has 0 atom stereocenters. The number of para-hydroxylation sites is 1. The lowest BCUT2D eigenvalue weighted by Crippen LogP contribution is -1.95. The van der Waals surface area contributed by atoms with Gasteiger partial charge < -0.3 is 0 Å². The molecule has 0 unspecified atom stereocenters. The topological polar surface area (TPSA) is 24.4 Å². The zero-order chi connectivity index (χ0) is 18.8. The number of rotatable bonds is 4. The van der Waals surface area contributed by atoms with Crippen LogP contribution in [0.1, 0.15) is 16.7 Å². The van der Waals surface area contributed by atoms with Crippen LogP contribution in [0.3, 0.4) is 0 Å². The highest BCUT2D eigenvalue weighted by Gasteiger charge is 2.21. The maximum absolute atomic E-state index is 4.46. The van der Waals surface area contributed by atoms with Crippen LogP contribution in [0.15, 0.2) is 102 Å². The first-order chi connectivity index (χ1) is 13.9. The summed E-state index contributed by atoms with van der Waals surface area (Å²) in [5.41, 5.74) is 13.2. The molecule has 0 aromatic heterocycles. The molecule has 0 aliphatic heterocycles. The monoisotopic (exact) mass is 360 g/mol. The molecule has 0 amide bonds. The van der Waals surface area contributed by atoms with Gasteiger partial charge in [-0.25, -0.2) is 0 Å². The molecule has 0 fully saturated rings. The first-order valence-electron chi connectivity index (χ1n) is 9.54. The van der Waals surface area contributed by atoms with Crippen LogP contribution in [0.4, 0.5) is 5.69 Å². The van der Waals surface area contributed by atoms with Gasteiger partial charge in [-0.3, -0.25) is 5.43 Å². The number of hydrogen-bond donors (Lipinski definition) is 1. The highest BCUT2D eigenvalue weighted by atomic mass is 15.3. The molecule has 0 saturated carbocycles. The number of hydrazone groups is 1. The van der Waals surface area contributed by atoms with Crippen LogP contribution >= 0.6 is 0 Å². The van der Waals surface area contributed by atoms with Crippen molar-refractivity contribution in [2.45, 2.75) is 6.42 Å². The molecule has 0 spiro atoms. The minimum absolute atomic E-state index is 0.979. The molecule has 0 radical (unpaired) electrons. The van der Waals surface area contributed by atoms with Crippen LogP contribution < -0.4 is 5.43 Å². The third-order valence-corrected chi connectivity index (χ3v) is 5.27. The average Bonchev–Trinajstić information content (AvgIpc) is 3.14. The SMILES string of the molecule is C(=NNc1ccccc1)c1ccccc1-c1cccc2c1Cc1ccccc1-2. The van der Waals surface area contributed by atoms with Gasteiger partial charge in [0.1, 0.15) is 0 Å². The number of hydrogen-bond acceptors (Lipinski definition) is 2. The third-order valence-electron chi connectivity index (χ3n) is 5.27. The molecule has 5 rings (SSSR count). The lowest BCUT2D eigenvalue weighted by atomic mass is 9.93. The number of anilines is 1. The molecular weight excluding hydrogens is 340 g/mol. The van der Waals surface area contributed by atoms with Crippen molar-refractivity contribution >= 4 is 11.9 Å². The first kappa shape index (κ1) is 16.5. The second-order valence-corrected chi connectivity index (χ2v) is 6.99. The van der Waals surface area contributed by atoms with Crippen LogP contribution in [0.2, 0.25) is 0 Å². The van der Waals surface area contributed by atoms with Gasteiger partial charge in [-0.15, -0.1) is 0 Å². The fourth-order valence-corrected chi connectivity index (χ4v) is 3.95. The van der Waals surface area contributed by atoms with E-state index in [4.69, 9.17) is 0 Å². The van der Waals surface area contributed by atoms with Gasteiger partial charge in [-0.05, 0) is 51.9 Å². The lowest BCUT2D eigenvalue weighted by molar-refractivity contribution is 1.26. The number of nitrogens with one attached hydrogen (secondary N) is 1. The molecule has 2 heteroatoms. The Morgan fingerprint density at radius 3 is 2.11 bits per heavy atom. The molecule has 0 bridgehead atoms. The van der Waals surface area contributed by atoms with Crippen molar-refractivity contribution in [3.63, 3.8) is 0 Å². The summed E-state index contributed by atoms with van der Waals surface area (Å²) in [7, 11) is 0. The van der Waals surface area contributed by atoms with Crippen molar-refractivity contribution in [3.8, 4) is 22.3 Å². The number of fused-ring (bicyclic) bond motifs is 3. The Morgan fingerprint density at radius 2 is 1.25 bits per heavy atom. The quantitative estimate of drug-likeness (QED) is 0.292. The summed E-state index contributed by atoms with van der Waals surface area (Å²) in [6.07, 6.45) is 2.89. The number of benzene rings is 4. The lowest BCUT2D eigenvalue weighted by Gasteiger charge is -2.11. The van der Waals surface area contributed by atoms with Crippen molar-refractivity contribution in [1.82, 2.24) is 0 Å². The summed E-state index contributed by atoms with van der Waals surface area (Å²) in [4.78, 5) is 0. The van der Waals surface area contributed by atoms with E-state index in [-0.39, 0.29) is 0 Å². The Balaban J connectivity index is 1.52. The molecular formula is C26H20N2. The van der Waals surface area contributed by atoms with Gasteiger partial charge >= 0.3 is 0 Å². The summed E-state index contributed by atoms with van der Waals surface area (Å²) in [5, 5.41) is 4.46. The third kappa shape index (κ3) is 2.99. The summed E-state index contributed by atoms with van der Waals surface area (Å²) < 4.78 is 0. The molecule has 4 aromatic carbocycles. The maximum atomic E-state index is 4.46. The Morgan fingerprint density at radius 1 is 0.607 bits per heavy atom. The van der Waals surface area contributed by atoms with Crippen molar-refractivity contribution in [1.29, 1.82) is 0 Å². The zero-order valence-corrected chi connectivity index (χ0v) is 15.5. The van der Waals surface area contributed by atoms with Gasteiger partial charge in [0, 0.05) is 5.56 Å². The highest BCUT2D eigenvalue weighted by Crippen LogP contribution is 2.41. The molecule has 0 heterocycles. The van der Waals surface area contributed by atoms with E-state index in [2.05, 4.69) is 77.3 Å². The summed E-state index contributed by atoms with van der Waals surface area (Å²) in [5.74, 6) is 0. The zero-order valence-electron chi connectivity index (χ0n) is 15.5. The summed E-state index contributed by atoms with van der Waals surface area (Å²) >= 11 is 0. The smallest absolute Gasteiger partial charge is 0.0561 e. The second-order valence-electron chi connectivity index (χ2n) is 6.99. The molecule has 28 heavy (non-hydrogen) atoms. The molecule has 2 nitrogen and oxygen atoms in total. The van der Waals surface area contributed by atoms with E-state index in [0.29, 0.717) is 0 Å². The molecule has 134 valence electrons. The molecule has 1 aliphatic carbocycles. The van der Waals surface area contributed by atoms with Gasteiger partial charge in [0.25, 0.3) is 0 Å². The normalized spacial score (nSPS) is 12.0.